The molecule has 0 aliphatic carbocycles. The molecule has 1 unspecified atom stereocenters. The molecule has 0 amide bonds. The fourth-order valence-electron chi connectivity index (χ4n) is 13.5. The van der Waals surface area contributed by atoms with Gasteiger partial charge in [0.05, 0.1) is 12.7 Å². The number of carbonyl (C=O) groups excluding carboxylic acids is 1. The van der Waals surface area contributed by atoms with E-state index < -0.39 is 0 Å². The van der Waals surface area contributed by atoms with Crippen LogP contribution in [0.1, 0.15) is 502 Å². The van der Waals surface area contributed by atoms with Crippen molar-refractivity contribution in [2.75, 3.05) is 6.61 Å². The van der Waals surface area contributed by atoms with Gasteiger partial charge in [-0.3, -0.25) is 4.79 Å². The lowest BCUT2D eigenvalue weighted by Crippen LogP contribution is -2.06. The molecule has 0 aromatic rings. The fourth-order valence-corrected chi connectivity index (χ4v) is 13.5. The molecule has 0 rings (SSSR count). The SMILES string of the molecule is CCCCCCCCCCCCCCCCCCCCCCCCCCCCCCCCCCCCCCCCCCCCCCCCCCCCCCCCCCCCCCCOC(=O)CCCCCCCCCCC(O)CCCCCC. The normalized spacial score (nSPS) is 12.1. The van der Waals surface area contributed by atoms with Gasteiger partial charge >= 0.3 is 5.97 Å². The van der Waals surface area contributed by atoms with Crippen molar-refractivity contribution in [1.29, 1.82) is 0 Å². The summed E-state index contributed by atoms with van der Waals surface area (Å²) >= 11 is 0. The lowest BCUT2D eigenvalue weighted by molar-refractivity contribution is -0.143. The van der Waals surface area contributed by atoms with Crippen LogP contribution >= 0.6 is 0 Å². The van der Waals surface area contributed by atoms with Crippen molar-refractivity contribution in [2.24, 2.45) is 0 Å². The van der Waals surface area contributed by atoms with Gasteiger partial charge in [0, 0.05) is 6.42 Å². The van der Waals surface area contributed by atoms with Crippen molar-refractivity contribution in [3.63, 3.8) is 0 Å². The highest BCUT2D eigenvalue weighted by atomic mass is 16.5. The number of rotatable bonds is 78. The Morgan fingerprint density at radius 2 is 0.357 bits per heavy atom. The largest absolute Gasteiger partial charge is 0.466 e. The molecular weight excluding hydrogens is 1020 g/mol. The quantitative estimate of drug-likeness (QED) is 0.0488. The Hall–Kier alpha value is -0.570. The van der Waals surface area contributed by atoms with Gasteiger partial charge in [-0.15, -0.1) is 0 Å². The number of unbranched alkanes of at least 4 members (excludes halogenated alkanes) is 70. The Labute approximate surface area is 532 Å². The van der Waals surface area contributed by atoms with Crippen LogP contribution in [0.2, 0.25) is 0 Å². The maximum Gasteiger partial charge on any atom is 0.305 e. The Balaban J connectivity index is 3.13. The van der Waals surface area contributed by atoms with Gasteiger partial charge in [0.1, 0.15) is 0 Å². The topological polar surface area (TPSA) is 46.5 Å². The maximum absolute atomic E-state index is 12.1. The van der Waals surface area contributed by atoms with E-state index in [1.807, 2.05) is 0 Å². The monoisotopic (exact) mass is 1180 g/mol. The highest BCUT2D eigenvalue weighted by molar-refractivity contribution is 5.69. The van der Waals surface area contributed by atoms with E-state index in [1.54, 1.807) is 0 Å². The molecule has 0 radical (unpaired) electrons. The summed E-state index contributed by atoms with van der Waals surface area (Å²) in [5, 5.41) is 10.1. The van der Waals surface area contributed by atoms with Crippen molar-refractivity contribution in [3.05, 3.63) is 0 Å². The third kappa shape index (κ3) is 77.5. The number of aliphatic hydroxyl groups excluding tert-OH is 1. The first-order chi connectivity index (χ1) is 41.7. The van der Waals surface area contributed by atoms with Crippen LogP contribution in [-0.2, 0) is 9.53 Å². The summed E-state index contributed by atoms with van der Waals surface area (Å²) in [7, 11) is 0. The molecule has 0 spiro atoms. The van der Waals surface area contributed by atoms with E-state index in [0.29, 0.717) is 13.0 Å². The maximum atomic E-state index is 12.1. The minimum Gasteiger partial charge on any atom is -0.466 e. The molecule has 504 valence electrons. The molecule has 3 nitrogen and oxygen atoms in total. The minimum absolute atomic E-state index is 0.0106. The van der Waals surface area contributed by atoms with Gasteiger partial charge in [-0.1, -0.05) is 470 Å². The van der Waals surface area contributed by atoms with E-state index >= 15 is 0 Å². The minimum atomic E-state index is -0.0808. The van der Waals surface area contributed by atoms with E-state index in [9.17, 15) is 9.90 Å². The van der Waals surface area contributed by atoms with Crippen LogP contribution < -0.4 is 0 Å². The number of ether oxygens (including phenoxy) is 1. The van der Waals surface area contributed by atoms with Crippen molar-refractivity contribution in [1.82, 2.24) is 0 Å². The predicted octanol–water partition coefficient (Wildman–Crippen LogP) is 29.6. The zero-order valence-electron chi connectivity index (χ0n) is 58.8. The fraction of sp³-hybridized carbons (Fsp3) is 0.988. The Morgan fingerprint density at radius 1 is 0.214 bits per heavy atom. The Morgan fingerprint density at radius 3 is 0.548 bits per heavy atom. The first kappa shape index (κ1) is 83.4. The molecule has 1 atom stereocenters. The first-order valence-electron chi connectivity index (χ1n) is 40.5. The summed E-state index contributed by atoms with van der Waals surface area (Å²) in [5.41, 5.74) is 0. The molecule has 0 heterocycles. The lowest BCUT2D eigenvalue weighted by atomic mass is 10.0. The van der Waals surface area contributed by atoms with Crippen LogP contribution in [-0.4, -0.2) is 23.8 Å². The third-order valence-electron chi connectivity index (χ3n) is 19.6. The smallest absolute Gasteiger partial charge is 0.305 e. The van der Waals surface area contributed by atoms with Gasteiger partial charge in [-0.2, -0.15) is 0 Å². The summed E-state index contributed by atoms with van der Waals surface area (Å²) in [6.45, 7) is 5.17. The van der Waals surface area contributed by atoms with Crippen molar-refractivity contribution in [3.8, 4) is 0 Å². The van der Waals surface area contributed by atoms with Crippen LogP contribution in [0.25, 0.3) is 0 Å². The van der Waals surface area contributed by atoms with Crippen LogP contribution in [0.15, 0.2) is 0 Å². The zero-order chi connectivity index (χ0) is 60.3. The standard InChI is InChI=1S/C81H162O3/c1-3-5-7-9-10-11-12-13-14-15-16-17-18-19-20-21-22-23-24-25-26-27-28-29-30-31-32-33-34-35-36-37-38-39-40-41-42-43-44-45-46-47-48-49-50-51-52-53-54-55-56-57-58-59-60-61-62-65-68-71-75-79-84-81(83)78-74-70-67-64-63-66-69-73-77-80(82)76-72-8-6-4-2/h80,82H,3-79H2,1-2H3. The number of esters is 1. The highest BCUT2D eigenvalue weighted by Crippen LogP contribution is 2.21. The number of aliphatic hydroxyl groups is 1. The van der Waals surface area contributed by atoms with E-state index in [2.05, 4.69) is 13.8 Å². The molecule has 0 aromatic carbocycles. The van der Waals surface area contributed by atoms with Crippen molar-refractivity contribution >= 4 is 5.97 Å². The summed E-state index contributed by atoms with van der Waals surface area (Å²) in [6, 6.07) is 0. The van der Waals surface area contributed by atoms with Gasteiger partial charge in [0.15, 0.2) is 0 Å². The number of hydrogen-bond donors (Lipinski definition) is 1. The van der Waals surface area contributed by atoms with Crippen molar-refractivity contribution in [2.45, 2.75) is 508 Å². The molecule has 3 heteroatoms. The van der Waals surface area contributed by atoms with Crippen molar-refractivity contribution < 1.29 is 14.6 Å². The van der Waals surface area contributed by atoms with Crippen LogP contribution in [0.5, 0.6) is 0 Å². The van der Waals surface area contributed by atoms with Crippen LogP contribution in [0, 0.1) is 0 Å². The van der Waals surface area contributed by atoms with E-state index in [-0.39, 0.29) is 12.1 Å². The summed E-state index contributed by atoms with van der Waals surface area (Å²) in [4.78, 5) is 12.1. The van der Waals surface area contributed by atoms with Gasteiger partial charge in [-0.05, 0) is 25.7 Å². The molecule has 0 aliphatic rings. The second kappa shape index (κ2) is 78.5. The summed E-state index contributed by atoms with van der Waals surface area (Å²) in [5.74, 6) is 0.0106. The van der Waals surface area contributed by atoms with Gasteiger partial charge in [0.2, 0.25) is 0 Å². The van der Waals surface area contributed by atoms with Gasteiger partial charge in [0.25, 0.3) is 0 Å². The second-order valence-corrected chi connectivity index (χ2v) is 28.3. The van der Waals surface area contributed by atoms with Gasteiger partial charge < -0.3 is 9.84 Å². The average Bonchev–Trinajstić information content (AvgIpc) is 3.50. The molecule has 0 saturated heterocycles. The van der Waals surface area contributed by atoms with E-state index in [4.69, 9.17) is 4.74 Å². The molecular formula is C81H162O3. The van der Waals surface area contributed by atoms with E-state index in [1.165, 1.54) is 449 Å². The van der Waals surface area contributed by atoms with Crippen LogP contribution in [0.3, 0.4) is 0 Å². The predicted molar refractivity (Wildman–Crippen MR) is 379 cm³/mol. The summed E-state index contributed by atoms with van der Waals surface area (Å²) < 4.78 is 5.50. The number of hydrogen-bond acceptors (Lipinski definition) is 3. The molecule has 0 fully saturated rings. The molecule has 84 heavy (non-hydrogen) atoms. The number of carbonyl (C=O) groups is 1. The molecule has 1 N–H and O–H groups in total. The molecule has 0 saturated carbocycles. The summed E-state index contributed by atoms with van der Waals surface area (Å²) in [6.07, 6.45) is 106. The molecule has 0 bridgehead atoms. The first-order valence-corrected chi connectivity index (χ1v) is 40.5. The van der Waals surface area contributed by atoms with Crippen LogP contribution in [0.4, 0.5) is 0 Å². The molecule has 0 aromatic heterocycles. The van der Waals surface area contributed by atoms with Gasteiger partial charge in [-0.25, -0.2) is 0 Å². The molecule has 0 aliphatic heterocycles. The Kier molecular flexibility index (Phi) is 78.0. The average molecular weight is 1180 g/mol. The third-order valence-corrected chi connectivity index (χ3v) is 19.6. The Bertz CT molecular complexity index is 1140. The van der Waals surface area contributed by atoms with E-state index in [0.717, 1.165) is 32.1 Å². The lowest BCUT2D eigenvalue weighted by Gasteiger charge is -2.10. The zero-order valence-corrected chi connectivity index (χ0v) is 58.8. The highest BCUT2D eigenvalue weighted by Gasteiger charge is 2.06. The second-order valence-electron chi connectivity index (χ2n) is 28.3.